The zero-order chi connectivity index (χ0) is 19.1. The van der Waals surface area contributed by atoms with Gasteiger partial charge in [-0.05, 0) is 63.6 Å². The second-order valence-corrected chi connectivity index (χ2v) is 8.04. The van der Waals surface area contributed by atoms with E-state index in [1.165, 1.54) is 37.7 Å². The Balaban J connectivity index is 1.48. The first-order valence-electron chi connectivity index (χ1n) is 10.6. The highest BCUT2D eigenvalue weighted by Crippen LogP contribution is 2.18. The minimum absolute atomic E-state index is 0.507. The maximum atomic E-state index is 4.57. The third-order valence-electron chi connectivity index (χ3n) is 5.77. The number of guanidine groups is 1. The molecule has 0 saturated carbocycles. The van der Waals surface area contributed by atoms with Crippen LogP contribution in [-0.2, 0) is 6.54 Å². The lowest BCUT2D eigenvalue weighted by Crippen LogP contribution is -2.49. The summed E-state index contributed by atoms with van der Waals surface area (Å²) in [5.41, 5.74) is 1.25. The summed E-state index contributed by atoms with van der Waals surface area (Å²) in [5.74, 6) is 2.01. The summed E-state index contributed by atoms with van der Waals surface area (Å²) < 4.78 is 0. The van der Waals surface area contributed by atoms with E-state index in [-0.39, 0.29) is 0 Å². The number of piperidine rings is 2. The Kier molecular flexibility index (Phi) is 7.33. The van der Waals surface area contributed by atoms with E-state index in [0.29, 0.717) is 12.1 Å². The molecule has 2 N–H and O–H groups in total. The summed E-state index contributed by atoms with van der Waals surface area (Å²) in [4.78, 5) is 13.9. The van der Waals surface area contributed by atoms with Crippen LogP contribution in [0.3, 0.4) is 0 Å². The van der Waals surface area contributed by atoms with E-state index in [4.69, 9.17) is 0 Å². The molecule has 0 atom stereocenters. The first-order chi connectivity index (χ1) is 13.2. The molecule has 0 aromatic carbocycles. The number of nitrogens with zero attached hydrogens (tertiary/aromatic N) is 4. The molecule has 0 radical (unpaired) electrons. The highest BCUT2D eigenvalue weighted by molar-refractivity contribution is 5.80. The standard InChI is InChI=1S/C21H36N6/c1-17(2)26-13-8-19(9-14-26)25-21(22-3)24-16-18-7-10-23-20(15-18)27-11-5-4-6-12-27/h7,10,15,17,19H,4-6,8-9,11-14,16H2,1-3H3,(H2,22,24,25). The number of nitrogens with one attached hydrogen (secondary N) is 2. The molecule has 0 unspecified atom stereocenters. The van der Waals surface area contributed by atoms with Crippen molar-refractivity contribution in [2.24, 2.45) is 4.99 Å². The lowest BCUT2D eigenvalue weighted by molar-refractivity contribution is 0.167. The molecule has 3 rings (SSSR count). The summed E-state index contributed by atoms with van der Waals surface area (Å²) in [6.07, 6.45) is 8.17. The van der Waals surface area contributed by atoms with Crippen LogP contribution in [0.25, 0.3) is 0 Å². The molecule has 1 aromatic heterocycles. The van der Waals surface area contributed by atoms with Gasteiger partial charge in [0.2, 0.25) is 0 Å². The Morgan fingerprint density at radius 3 is 2.59 bits per heavy atom. The number of hydrogen-bond acceptors (Lipinski definition) is 4. The van der Waals surface area contributed by atoms with Gasteiger partial charge in [-0.3, -0.25) is 4.99 Å². The summed E-state index contributed by atoms with van der Waals surface area (Å²) in [7, 11) is 1.85. The van der Waals surface area contributed by atoms with E-state index in [2.05, 4.69) is 56.4 Å². The fourth-order valence-corrected chi connectivity index (χ4v) is 4.00. The minimum atomic E-state index is 0.507. The molecule has 0 amide bonds. The molecule has 0 aliphatic carbocycles. The highest BCUT2D eigenvalue weighted by Gasteiger charge is 2.21. The van der Waals surface area contributed by atoms with Crippen LogP contribution in [0.2, 0.25) is 0 Å². The van der Waals surface area contributed by atoms with Crippen LogP contribution in [-0.4, -0.2) is 61.2 Å². The fourth-order valence-electron chi connectivity index (χ4n) is 4.00. The average Bonchev–Trinajstić information content (AvgIpc) is 2.72. The summed E-state index contributed by atoms with van der Waals surface area (Å²) in [5, 5.41) is 7.08. The van der Waals surface area contributed by atoms with Gasteiger partial charge in [-0.25, -0.2) is 4.98 Å². The molecular weight excluding hydrogens is 336 g/mol. The van der Waals surface area contributed by atoms with Gasteiger partial charge in [0.1, 0.15) is 5.82 Å². The van der Waals surface area contributed by atoms with Crippen molar-refractivity contribution in [2.75, 3.05) is 38.1 Å². The zero-order valence-electron chi connectivity index (χ0n) is 17.2. The zero-order valence-corrected chi connectivity index (χ0v) is 17.2. The third-order valence-corrected chi connectivity index (χ3v) is 5.77. The first-order valence-corrected chi connectivity index (χ1v) is 10.6. The number of likely N-dealkylation sites (tertiary alicyclic amines) is 1. The summed E-state index contributed by atoms with van der Waals surface area (Å²) in [6.45, 7) is 9.91. The number of anilines is 1. The van der Waals surface area contributed by atoms with Gasteiger partial charge in [-0.2, -0.15) is 0 Å². The average molecular weight is 373 g/mol. The monoisotopic (exact) mass is 372 g/mol. The summed E-state index contributed by atoms with van der Waals surface area (Å²) in [6, 6.07) is 5.46. The van der Waals surface area contributed by atoms with Crippen molar-refractivity contribution >= 4 is 11.8 Å². The first kappa shape index (κ1) is 19.9. The van der Waals surface area contributed by atoms with Crippen molar-refractivity contribution < 1.29 is 0 Å². The van der Waals surface area contributed by atoms with Crippen LogP contribution in [0.1, 0.15) is 51.5 Å². The van der Waals surface area contributed by atoms with E-state index < -0.39 is 0 Å². The quantitative estimate of drug-likeness (QED) is 0.615. The normalized spacial score (nSPS) is 20.1. The van der Waals surface area contributed by atoms with E-state index in [1.807, 2.05) is 13.2 Å². The molecule has 2 aliphatic heterocycles. The number of rotatable bonds is 5. The van der Waals surface area contributed by atoms with Crippen molar-refractivity contribution in [3.8, 4) is 0 Å². The van der Waals surface area contributed by atoms with Crippen LogP contribution < -0.4 is 15.5 Å². The lowest BCUT2D eigenvalue weighted by atomic mass is 10.0. The van der Waals surface area contributed by atoms with Gasteiger partial charge < -0.3 is 20.4 Å². The number of hydrogen-bond donors (Lipinski definition) is 2. The molecule has 0 bridgehead atoms. The predicted octanol–water partition coefficient (Wildman–Crippen LogP) is 2.61. The maximum absolute atomic E-state index is 4.57. The van der Waals surface area contributed by atoms with Crippen molar-refractivity contribution in [3.63, 3.8) is 0 Å². The van der Waals surface area contributed by atoms with Crippen molar-refractivity contribution in [3.05, 3.63) is 23.9 Å². The molecule has 2 aliphatic rings. The van der Waals surface area contributed by atoms with Crippen LogP contribution in [0.15, 0.2) is 23.3 Å². The second kappa shape index (κ2) is 9.93. The molecule has 27 heavy (non-hydrogen) atoms. The lowest BCUT2D eigenvalue weighted by Gasteiger charge is -2.35. The maximum Gasteiger partial charge on any atom is 0.191 e. The van der Waals surface area contributed by atoms with Crippen LogP contribution >= 0.6 is 0 Å². The second-order valence-electron chi connectivity index (χ2n) is 8.04. The van der Waals surface area contributed by atoms with Crippen LogP contribution in [0.4, 0.5) is 5.82 Å². The summed E-state index contributed by atoms with van der Waals surface area (Å²) >= 11 is 0. The van der Waals surface area contributed by atoms with Gasteiger partial charge in [-0.15, -0.1) is 0 Å². The third kappa shape index (κ3) is 5.83. The smallest absolute Gasteiger partial charge is 0.191 e. The van der Waals surface area contributed by atoms with Crippen molar-refractivity contribution in [2.45, 2.75) is 64.6 Å². The van der Waals surface area contributed by atoms with Crippen molar-refractivity contribution in [1.82, 2.24) is 20.5 Å². The topological polar surface area (TPSA) is 55.8 Å². The van der Waals surface area contributed by atoms with Gasteiger partial charge in [0.15, 0.2) is 5.96 Å². The molecule has 2 fully saturated rings. The number of pyridine rings is 1. The molecule has 0 spiro atoms. The molecule has 6 nitrogen and oxygen atoms in total. The van der Waals surface area contributed by atoms with E-state index >= 15 is 0 Å². The minimum Gasteiger partial charge on any atom is -0.357 e. The van der Waals surface area contributed by atoms with E-state index in [0.717, 1.165) is 44.5 Å². The Morgan fingerprint density at radius 1 is 1.19 bits per heavy atom. The van der Waals surface area contributed by atoms with Crippen LogP contribution in [0, 0.1) is 0 Å². The molecule has 6 heteroatoms. The van der Waals surface area contributed by atoms with Gasteiger partial charge >= 0.3 is 0 Å². The SMILES string of the molecule is CN=C(NCc1ccnc(N2CCCCC2)c1)NC1CCN(C(C)C)CC1. The Morgan fingerprint density at radius 2 is 1.93 bits per heavy atom. The van der Waals surface area contributed by atoms with Gasteiger partial charge in [-0.1, -0.05) is 0 Å². The fraction of sp³-hybridized carbons (Fsp3) is 0.714. The number of aromatic nitrogens is 1. The van der Waals surface area contributed by atoms with Crippen molar-refractivity contribution in [1.29, 1.82) is 0 Å². The molecule has 2 saturated heterocycles. The van der Waals surface area contributed by atoms with Gasteiger partial charge in [0, 0.05) is 58.1 Å². The number of aliphatic imine (C=N–C) groups is 1. The highest BCUT2D eigenvalue weighted by atomic mass is 15.2. The molecule has 1 aromatic rings. The van der Waals surface area contributed by atoms with Gasteiger partial charge in [0.25, 0.3) is 0 Å². The van der Waals surface area contributed by atoms with Crippen LogP contribution in [0.5, 0.6) is 0 Å². The Labute approximate surface area is 164 Å². The largest absolute Gasteiger partial charge is 0.357 e. The Hall–Kier alpha value is -1.82. The van der Waals surface area contributed by atoms with E-state index in [9.17, 15) is 0 Å². The van der Waals surface area contributed by atoms with E-state index in [1.54, 1.807) is 0 Å². The van der Waals surface area contributed by atoms with Gasteiger partial charge in [0.05, 0.1) is 0 Å². The predicted molar refractivity (Wildman–Crippen MR) is 113 cm³/mol. The molecule has 3 heterocycles. The molecule has 150 valence electrons. The Bertz CT molecular complexity index is 600. The molecular formula is C21H36N6.